The van der Waals surface area contributed by atoms with E-state index in [9.17, 15) is 0 Å². The van der Waals surface area contributed by atoms with Crippen molar-refractivity contribution >= 4 is 81.2 Å². The second kappa shape index (κ2) is 15.5. The van der Waals surface area contributed by atoms with Crippen LogP contribution < -0.4 is 0 Å². The summed E-state index contributed by atoms with van der Waals surface area (Å²) < 4.78 is -1.08. The molecule has 0 unspecified atom stereocenters. The highest BCUT2D eigenvalue weighted by molar-refractivity contribution is 6.67. The summed E-state index contributed by atoms with van der Waals surface area (Å²) in [6.45, 7) is 1.48. The lowest BCUT2D eigenvalue weighted by Crippen LogP contribution is -1.87. The summed E-state index contributed by atoms with van der Waals surface area (Å²) in [5.74, 6) is 1.11. The Balaban J connectivity index is -0.000000105. The molecule has 0 rings (SSSR count). The molecule has 0 aromatic heterocycles. The quantitative estimate of drug-likeness (QED) is 0.579. The van der Waals surface area contributed by atoms with Crippen LogP contribution in [0.15, 0.2) is 0 Å². The van der Waals surface area contributed by atoms with Crippen LogP contribution in [0.4, 0.5) is 0 Å². The van der Waals surface area contributed by atoms with Gasteiger partial charge < -0.3 is 0 Å². The molecule has 0 spiro atoms. The molecule has 0 N–H and O–H groups in total. The molecule has 0 aromatic rings. The predicted molar refractivity (Wildman–Crippen MR) is 64.0 cm³/mol. The third-order valence-corrected chi connectivity index (χ3v) is 0.643. The highest BCUT2D eigenvalue weighted by Gasteiger charge is 2.07. The average Bonchev–Trinajstić information content (AvgIpc) is 1.85. The van der Waals surface area contributed by atoms with Gasteiger partial charge in [0.1, 0.15) is 0 Å². The first-order valence-electron chi connectivity index (χ1n) is 2.64. The fourth-order valence-electron chi connectivity index (χ4n) is 0. The van der Waals surface area contributed by atoms with Crippen LogP contribution in [0.1, 0.15) is 6.92 Å². The fourth-order valence-corrected chi connectivity index (χ4v) is 0. The van der Waals surface area contributed by atoms with Gasteiger partial charge in [-0.1, -0.05) is 34.8 Å². The van der Waals surface area contributed by atoms with E-state index in [-0.39, 0.29) is 5.34 Å². The largest absolute Gasteiger partial charge is 0.187 e. The molecule has 0 saturated heterocycles. The summed E-state index contributed by atoms with van der Waals surface area (Å²) in [4.78, 5) is 0. The van der Waals surface area contributed by atoms with Gasteiger partial charge in [0, 0.05) is 11.8 Å². The Labute approximate surface area is 108 Å². The minimum atomic E-state index is -1.08. The number of hydrogen-bond donors (Lipinski definition) is 0. The van der Waals surface area contributed by atoms with Crippen LogP contribution in [0.3, 0.4) is 0 Å². The molecule has 7 heteroatoms. The van der Waals surface area contributed by atoms with Crippen molar-refractivity contribution in [3.8, 4) is 0 Å². The van der Waals surface area contributed by atoms with Gasteiger partial charge in [0.25, 0.3) is 0 Å². The molecular weight excluding hydrogens is 308 g/mol. The van der Waals surface area contributed by atoms with Gasteiger partial charge in [-0.05, 0) is 6.92 Å². The molecule has 0 aromatic carbocycles. The molecule has 78 valence electrons. The minimum absolute atomic E-state index is 0.194. The zero-order valence-electron chi connectivity index (χ0n) is 6.27. The average molecular weight is 317 g/mol. The zero-order valence-corrected chi connectivity index (χ0v) is 11.6. The molecule has 0 atom stereocenters. The Kier molecular flexibility index (Phi) is 25.3. The van der Waals surface area contributed by atoms with E-state index in [0.29, 0.717) is 11.8 Å². The molecule has 0 aliphatic heterocycles. The Hall–Kier alpha value is 2.03. The monoisotopic (exact) mass is 314 g/mol. The first kappa shape index (κ1) is 19.6. The molecule has 0 heterocycles. The molecule has 0 aliphatic rings. The Bertz CT molecular complexity index is 51.3. The van der Waals surface area contributed by atoms with E-state index < -0.39 is 3.79 Å². The van der Waals surface area contributed by atoms with Crippen LogP contribution in [0.5, 0.6) is 0 Å². The van der Waals surface area contributed by atoms with Crippen molar-refractivity contribution < 1.29 is 0 Å². The standard InChI is InChI=1S/C2H3Cl3.C2H4Cl2.CH2Cl2/c1-2(3,4)5;3-1-2-4;2-1-3/h1H3;1-2H2;1H2. The Morgan fingerprint density at radius 3 is 0.917 bits per heavy atom. The lowest BCUT2D eigenvalue weighted by Gasteiger charge is -1.94. The molecule has 0 fully saturated rings. The van der Waals surface area contributed by atoms with E-state index in [2.05, 4.69) is 0 Å². The van der Waals surface area contributed by atoms with Crippen LogP contribution in [0.2, 0.25) is 0 Å². The lowest BCUT2D eigenvalue weighted by molar-refractivity contribution is 1.27. The number of hydrogen-bond acceptors (Lipinski definition) is 0. The second-order valence-corrected chi connectivity index (χ2v) is 5.67. The molecule has 12 heavy (non-hydrogen) atoms. The van der Waals surface area contributed by atoms with Gasteiger partial charge >= 0.3 is 0 Å². The maximum absolute atomic E-state index is 5.06. The van der Waals surface area contributed by atoms with Crippen LogP contribution in [-0.4, -0.2) is 20.9 Å². The van der Waals surface area contributed by atoms with Gasteiger partial charge in [-0.2, -0.15) is 0 Å². The van der Waals surface area contributed by atoms with Gasteiger partial charge in [-0.15, -0.1) is 46.4 Å². The van der Waals surface area contributed by atoms with Crippen molar-refractivity contribution in [2.75, 3.05) is 17.1 Å². The van der Waals surface area contributed by atoms with Gasteiger partial charge in [0.2, 0.25) is 0 Å². The summed E-state index contributed by atoms with van der Waals surface area (Å²) in [6.07, 6.45) is 0. The van der Waals surface area contributed by atoms with E-state index in [1.54, 1.807) is 0 Å². The Morgan fingerprint density at radius 1 is 0.833 bits per heavy atom. The Morgan fingerprint density at radius 2 is 0.917 bits per heavy atom. The molecule has 0 bridgehead atoms. The lowest BCUT2D eigenvalue weighted by atomic mass is 10.9. The van der Waals surface area contributed by atoms with Gasteiger partial charge in [0.15, 0.2) is 3.79 Å². The van der Waals surface area contributed by atoms with Gasteiger partial charge in [0.05, 0.1) is 5.34 Å². The SMILES string of the molecule is CC(Cl)(Cl)Cl.ClCCCl.ClCCl. The predicted octanol–water partition coefficient (Wildman–Crippen LogP) is 5.26. The second-order valence-electron chi connectivity index (χ2n) is 1.26. The molecule has 0 amide bonds. The molecule has 0 nitrogen and oxygen atoms in total. The van der Waals surface area contributed by atoms with Crippen LogP contribution in [0.25, 0.3) is 0 Å². The van der Waals surface area contributed by atoms with E-state index in [0.717, 1.165) is 0 Å². The highest BCUT2D eigenvalue weighted by Crippen LogP contribution is 2.23. The third kappa shape index (κ3) is 159. The first-order chi connectivity index (χ1) is 5.33. The summed E-state index contributed by atoms with van der Waals surface area (Å²) in [6, 6.07) is 0. The first-order valence-corrected chi connectivity index (χ1v) is 5.91. The minimum Gasteiger partial charge on any atom is -0.125 e. The topological polar surface area (TPSA) is 0 Å². The zero-order chi connectivity index (χ0) is 10.6. The smallest absolute Gasteiger partial charge is 0.125 e. The van der Waals surface area contributed by atoms with Crippen molar-refractivity contribution in [1.29, 1.82) is 0 Å². The molecular formula is C5H9Cl7. The van der Waals surface area contributed by atoms with Crippen molar-refractivity contribution in [1.82, 2.24) is 0 Å². The van der Waals surface area contributed by atoms with E-state index in [1.165, 1.54) is 6.92 Å². The maximum atomic E-state index is 5.06. The molecule has 0 saturated carbocycles. The van der Waals surface area contributed by atoms with Crippen molar-refractivity contribution in [3.63, 3.8) is 0 Å². The van der Waals surface area contributed by atoms with E-state index in [1.807, 2.05) is 0 Å². The summed E-state index contributed by atoms with van der Waals surface area (Å²) in [5.41, 5.74) is 0. The van der Waals surface area contributed by atoms with Crippen molar-refractivity contribution in [3.05, 3.63) is 0 Å². The van der Waals surface area contributed by atoms with Crippen LogP contribution in [0, 0.1) is 0 Å². The summed E-state index contributed by atoms with van der Waals surface area (Å²) in [5, 5.41) is 0.194. The molecule has 0 radical (unpaired) electrons. The fraction of sp³-hybridized carbons (Fsp3) is 1.00. The van der Waals surface area contributed by atoms with Crippen molar-refractivity contribution in [2.45, 2.75) is 10.7 Å². The van der Waals surface area contributed by atoms with Crippen molar-refractivity contribution in [2.24, 2.45) is 0 Å². The number of alkyl halides is 7. The van der Waals surface area contributed by atoms with Crippen LogP contribution >= 0.6 is 81.2 Å². The summed E-state index contributed by atoms with van der Waals surface area (Å²) in [7, 11) is 0. The highest BCUT2D eigenvalue weighted by atomic mass is 35.6. The third-order valence-electron chi connectivity index (χ3n) is 0.0714. The van der Waals surface area contributed by atoms with E-state index >= 15 is 0 Å². The maximum Gasteiger partial charge on any atom is 0.187 e. The molecule has 0 aliphatic carbocycles. The van der Waals surface area contributed by atoms with E-state index in [4.69, 9.17) is 81.2 Å². The van der Waals surface area contributed by atoms with Crippen LogP contribution in [-0.2, 0) is 0 Å². The number of halogens is 7. The van der Waals surface area contributed by atoms with Gasteiger partial charge in [-0.3, -0.25) is 0 Å². The summed E-state index contributed by atoms with van der Waals surface area (Å²) >= 11 is 34.8. The normalized spacial score (nSPS) is 9.00. The number of rotatable bonds is 1. The van der Waals surface area contributed by atoms with Gasteiger partial charge in [-0.25, -0.2) is 0 Å².